The third-order valence-electron chi connectivity index (χ3n) is 3.77. The Morgan fingerprint density at radius 1 is 1.38 bits per heavy atom. The van der Waals surface area contributed by atoms with Gasteiger partial charge in [-0.25, -0.2) is 4.98 Å². The summed E-state index contributed by atoms with van der Waals surface area (Å²) in [5.41, 5.74) is 2.71. The minimum Gasteiger partial charge on any atom is -0.345 e. The average Bonchev–Trinajstić information content (AvgIpc) is 2.96. The summed E-state index contributed by atoms with van der Waals surface area (Å²) < 4.78 is 0. The van der Waals surface area contributed by atoms with Crippen LogP contribution in [0.5, 0.6) is 0 Å². The number of fused-ring (bicyclic) bond motifs is 1. The van der Waals surface area contributed by atoms with Gasteiger partial charge in [0.05, 0.1) is 12.2 Å². The summed E-state index contributed by atoms with van der Waals surface area (Å²) in [7, 11) is 0. The van der Waals surface area contributed by atoms with E-state index in [1.165, 1.54) is 37.1 Å². The molecular weight excluding hydrogens is 198 g/mol. The third-order valence-corrected chi connectivity index (χ3v) is 3.77. The maximum absolute atomic E-state index is 4.75. The van der Waals surface area contributed by atoms with Crippen molar-refractivity contribution in [2.45, 2.75) is 58.0 Å². The Kier molecular flexibility index (Phi) is 2.51. The molecule has 1 heterocycles. The van der Waals surface area contributed by atoms with E-state index in [-0.39, 0.29) is 0 Å². The number of rotatable bonds is 3. The van der Waals surface area contributed by atoms with Crippen molar-refractivity contribution < 1.29 is 0 Å². The quantitative estimate of drug-likeness (QED) is 0.819. The highest BCUT2D eigenvalue weighted by Crippen LogP contribution is 2.32. The van der Waals surface area contributed by atoms with Crippen molar-refractivity contribution in [2.24, 2.45) is 5.92 Å². The average molecular weight is 219 g/mol. The Balaban J connectivity index is 1.73. The zero-order valence-corrected chi connectivity index (χ0v) is 10.2. The fraction of sp³-hybridized carbons (Fsp3) is 0.769. The minimum atomic E-state index is 0.629. The first-order valence-electron chi connectivity index (χ1n) is 6.53. The van der Waals surface area contributed by atoms with Crippen molar-refractivity contribution in [3.63, 3.8) is 0 Å². The molecule has 0 aromatic carbocycles. The van der Waals surface area contributed by atoms with Gasteiger partial charge in [-0.05, 0) is 31.6 Å². The molecule has 1 saturated carbocycles. The van der Waals surface area contributed by atoms with E-state index in [1.807, 2.05) is 0 Å². The molecule has 2 aliphatic carbocycles. The molecule has 0 amide bonds. The van der Waals surface area contributed by atoms with E-state index in [0.717, 1.165) is 24.3 Å². The predicted octanol–water partition coefficient (Wildman–Crippen LogP) is 2.35. The molecule has 3 heteroatoms. The number of aromatic nitrogens is 2. The zero-order valence-electron chi connectivity index (χ0n) is 10.2. The molecule has 88 valence electrons. The van der Waals surface area contributed by atoms with Gasteiger partial charge < -0.3 is 10.3 Å². The molecule has 1 aromatic rings. The fourth-order valence-electron chi connectivity index (χ4n) is 2.80. The van der Waals surface area contributed by atoms with E-state index in [9.17, 15) is 0 Å². The summed E-state index contributed by atoms with van der Waals surface area (Å²) in [5.74, 6) is 2.56. The maximum atomic E-state index is 4.75. The lowest BCUT2D eigenvalue weighted by Crippen LogP contribution is -2.16. The first-order chi connectivity index (χ1) is 7.72. The number of H-pyrrole nitrogens is 1. The van der Waals surface area contributed by atoms with Crippen LogP contribution in [-0.2, 0) is 13.0 Å². The SMILES string of the molecule is CC1Cc2[nH]c(CNC3CC3)nc2C(C)C1. The van der Waals surface area contributed by atoms with Gasteiger partial charge in [0.1, 0.15) is 5.82 Å². The molecular formula is C13H21N3. The molecule has 1 fully saturated rings. The van der Waals surface area contributed by atoms with Crippen LogP contribution in [0.1, 0.15) is 56.2 Å². The lowest BCUT2D eigenvalue weighted by molar-refractivity contribution is 0.440. The largest absolute Gasteiger partial charge is 0.345 e. The number of hydrogen-bond acceptors (Lipinski definition) is 2. The Hall–Kier alpha value is -0.830. The summed E-state index contributed by atoms with van der Waals surface area (Å²) in [5, 5.41) is 3.51. The molecule has 2 atom stereocenters. The predicted molar refractivity (Wildman–Crippen MR) is 64.3 cm³/mol. The summed E-state index contributed by atoms with van der Waals surface area (Å²) >= 11 is 0. The van der Waals surface area contributed by atoms with Crippen molar-refractivity contribution in [3.05, 3.63) is 17.2 Å². The molecule has 1 aromatic heterocycles. The van der Waals surface area contributed by atoms with Gasteiger partial charge in [0.25, 0.3) is 0 Å². The Labute approximate surface area is 97.0 Å². The highest BCUT2D eigenvalue weighted by molar-refractivity contribution is 5.22. The topological polar surface area (TPSA) is 40.7 Å². The van der Waals surface area contributed by atoms with Crippen LogP contribution in [0.4, 0.5) is 0 Å². The van der Waals surface area contributed by atoms with Gasteiger partial charge >= 0.3 is 0 Å². The highest BCUT2D eigenvalue weighted by atomic mass is 15.0. The molecule has 0 aliphatic heterocycles. The standard InChI is InChI=1S/C13H21N3/c1-8-5-9(2)13-11(6-8)15-12(16-13)7-14-10-3-4-10/h8-10,14H,3-7H2,1-2H3,(H,15,16). The second-order valence-electron chi connectivity index (χ2n) is 5.65. The van der Waals surface area contributed by atoms with Crippen molar-refractivity contribution in [3.8, 4) is 0 Å². The van der Waals surface area contributed by atoms with Gasteiger partial charge in [0.2, 0.25) is 0 Å². The monoisotopic (exact) mass is 219 g/mol. The van der Waals surface area contributed by atoms with Crippen LogP contribution < -0.4 is 5.32 Å². The van der Waals surface area contributed by atoms with E-state index in [4.69, 9.17) is 4.98 Å². The molecule has 3 nitrogen and oxygen atoms in total. The van der Waals surface area contributed by atoms with Crippen LogP contribution in [-0.4, -0.2) is 16.0 Å². The number of nitrogens with zero attached hydrogens (tertiary/aromatic N) is 1. The molecule has 2 N–H and O–H groups in total. The first-order valence-corrected chi connectivity index (χ1v) is 6.53. The number of imidazole rings is 1. The lowest BCUT2D eigenvalue weighted by atomic mass is 9.84. The first kappa shape index (κ1) is 10.3. The molecule has 0 radical (unpaired) electrons. The number of nitrogens with one attached hydrogen (secondary N) is 2. The molecule has 2 aliphatic rings. The number of aromatic amines is 1. The molecule has 2 unspecified atom stereocenters. The van der Waals surface area contributed by atoms with Gasteiger partial charge in [-0.3, -0.25) is 0 Å². The van der Waals surface area contributed by atoms with Gasteiger partial charge in [-0.1, -0.05) is 13.8 Å². The molecule has 0 saturated heterocycles. The Morgan fingerprint density at radius 3 is 2.94 bits per heavy atom. The Morgan fingerprint density at radius 2 is 2.19 bits per heavy atom. The maximum Gasteiger partial charge on any atom is 0.120 e. The summed E-state index contributed by atoms with van der Waals surface area (Å²) in [6.07, 6.45) is 5.14. The van der Waals surface area contributed by atoms with Crippen molar-refractivity contribution in [1.82, 2.24) is 15.3 Å². The summed E-state index contributed by atoms with van der Waals surface area (Å²) in [4.78, 5) is 8.25. The van der Waals surface area contributed by atoms with E-state index in [1.54, 1.807) is 0 Å². The third kappa shape index (κ3) is 2.01. The molecule has 3 rings (SSSR count). The smallest absolute Gasteiger partial charge is 0.120 e. The second kappa shape index (κ2) is 3.88. The van der Waals surface area contributed by atoms with Crippen LogP contribution in [0.15, 0.2) is 0 Å². The number of hydrogen-bond donors (Lipinski definition) is 2. The van der Waals surface area contributed by atoms with Gasteiger partial charge in [0, 0.05) is 17.7 Å². The van der Waals surface area contributed by atoms with E-state index in [2.05, 4.69) is 24.1 Å². The lowest BCUT2D eigenvalue weighted by Gasteiger charge is -2.22. The zero-order chi connectivity index (χ0) is 11.1. The van der Waals surface area contributed by atoms with Gasteiger partial charge in [-0.15, -0.1) is 0 Å². The van der Waals surface area contributed by atoms with Crippen LogP contribution >= 0.6 is 0 Å². The summed E-state index contributed by atoms with van der Waals surface area (Å²) in [6, 6.07) is 0.762. The van der Waals surface area contributed by atoms with E-state index in [0.29, 0.717) is 5.92 Å². The van der Waals surface area contributed by atoms with Crippen LogP contribution in [0.25, 0.3) is 0 Å². The van der Waals surface area contributed by atoms with Gasteiger partial charge in [0.15, 0.2) is 0 Å². The van der Waals surface area contributed by atoms with Crippen LogP contribution in [0, 0.1) is 5.92 Å². The van der Waals surface area contributed by atoms with Crippen molar-refractivity contribution in [1.29, 1.82) is 0 Å². The molecule has 0 spiro atoms. The minimum absolute atomic E-state index is 0.629. The highest BCUT2D eigenvalue weighted by Gasteiger charge is 2.26. The second-order valence-corrected chi connectivity index (χ2v) is 5.65. The molecule has 16 heavy (non-hydrogen) atoms. The van der Waals surface area contributed by atoms with Crippen LogP contribution in [0.3, 0.4) is 0 Å². The normalized spacial score (nSPS) is 29.1. The van der Waals surface area contributed by atoms with Crippen molar-refractivity contribution >= 4 is 0 Å². The van der Waals surface area contributed by atoms with Crippen LogP contribution in [0.2, 0.25) is 0 Å². The van der Waals surface area contributed by atoms with Crippen molar-refractivity contribution in [2.75, 3.05) is 0 Å². The fourth-order valence-corrected chi connectivity index (χ4v) is 2.80. The summed E-state index contributed by atoms with van der Waals surface area (Å²) in [6.45, 7) is 5.55. The van der Waals surface area contributed by atoms with E-state index >= 15 is 0 Å². The molecule has 0 bridgehead atoms. The van der Waals surface area contributed by atoms with E-state index < -0.39 is 0 Å². The Bertz CT molecular complexity index is 379. The van der Waals surface area contributed by atoms with Gasteiger partial charge in [-0.2, -0.15) is 0 Å².